The zero-order valence-electron chi connectivity index (χ0n) is 11.0. The van der Waals surface area contributed by atoms with Crippen molar-refractivity contribution in [2.75, 3.05) is 12.5 Å². The van der Waals surface area contributed by atoms with Gasteiger partial charge in [-0.3, -0.25) is 5.32 Å². The second kappa shape index (κ2) is 6.30. The number of anilines is 1. The van der Waals surface area contributed by atoms with Crippen LogP contribution in [0.5, 0.6) is 0 Å². The molecule has 0 atom stereocenters. The fourth-order valence-electron chi connectivity index (χ4n) is 1.37. The summed E-state index contributed by atoms with van der Waals surface area (Å²) in [4.78, 5) is 10.9. The van der Waals surface area contributed by atoms with E-state index in [1.165, 1.54) is 30.3 Å². The molecule has 1 rings (SSSR count). The van der Waals surface area contributed by atoms with Crippen LogP contribution in [-0.4, -0.2) is 31.2 Å². The van der Waals surface area contributed by atoms with Gasteiger partial charge in [0.05, 0.1) is 7.11 Å². The number of rotatable bonds is 4. The molecule has 1 aromatic rings. The van der Waals surface area contributed by atoms with Crippen molar-refractivity contribution in [3.05, 3.63) is 30.3 Å². The van der Waals surface area contributed by atoms with Crippen LogP contribution in [0, 0.1) is 0 Å². The van der Waals surface area contributed by atoms with Crippen molar-refractivity contribution in [2.24, 2.45) is 0 Å². The van der Waals surface area contributed by atoms with Crippen molar-refractivity contribution in [2.45, 2.75) is 18.0 Å². The van der Waals surface area contributed by atoms with Crippen LogP contribution in [0.3, 0.4) is 0 Å². The monoisotopic (exact) mass is 331 g/mol. The number of carbonyl (C=O) groups is 1. The van der Waals surface area contributed by atoms with Crippen molar-refractivity contribution >= 4 is 11.8 Å². The van der Waals surface area contributed by atoms with Crippen molar-refractivity contribution in [1.29, 1.82) is 0 Å². The van der Waals surface area contributed by atoms with Crippen LogP contribution in [-0.2, 0) is 4.74 Å². The Balaban J connectivity index is 3.16. The number of nitrogens with one attached hydrogen (secondary N) is 3. The first-order valence-electron chi connectivity index (χ1n) is 5.61. The first kappa shape index (κ1) is 17.9. The highest BCUT2D eigenvalue weighted by Crippen LogP contribution is 2.41. The van der Waals surface area contributed by atoms with Gasteiger partial charge in [-0.25, -0.2) is 4.79 Å². The zero-order valence-corrected chi connectivity index (χ0v) is 11.0. The van der Waals surface area contributed by atoms with E-state index >= 15 is 0 Å². The molecule has 0 aliphatic carbocycles. The molecule has 124 valence electrons. The summed E-state index contributed by atoms with van der Waals surface area (Å²) in [7, 11) is 0.636. The van der Waals surface area contributed by atoms with Gasteiger partial charge in [-0.1, -0.05) is 18.2 Å². The van der Waals surface area contributed by atoms with E-state index in [2.05, 4.69) is 4.74 Å². The van der Waals surface area contributed by atoms with Gasteiger partial charge in [0.2, 0.25) is 0 Å². The molecular formula is C11H11F6N3O2. The van der Waals surface area contributed by atoms with Crippen molar-refractivity contribution in [3.63, 3.8) is 0 Å². The van der Waals surface area contributed by atoms with Gasteiger partial charge < -0.3 is 10.2 Å². The van der Waals surface area contributed by atoms with Crippen LogP contribution in [0.1, 0.15) is 0 Å². The van der Waals surface area contributed by atoms with Crippen LogP contribution in [0.15, 0.2) is 30.3 Å². The van der Waals surface area contributed by atoms with E-state index in [1.54, 1.807) is 5.43 Å². The summed E-state index contributed by atoms with van der Waals surface area (Å²) in [6, 6.07) is 6.74. The van der Waals surface area contributed by atoms with Gasteiger partial charge in [0.15, 0.2) is 0 Å². The number of benzene rings is 1. The molecule has 0 saturated carbocycles. The second-order valence-electron chi connectivity index (χ2n) is 3.98. The Kier molecular flexibility index (Phi) is 5.12. The highest BCUT2D eigenvalue weighted by molar-refractivity contribution is 5.68. The summed E-state index contributed by atoms with van der Waals surface area (Å²) in [5.74, 6) is 0. The quantitative estimate of drug-likeness (QED) is 0.451. The molecular weight excluding hydrogens is 320 g/mol. The van der Waals surface area contributed by atoms with Crippen molar-refractivity contribution in [1.82, 2.24) is 10.7 Å². The predicted molar refractivity (Wildman–Crippen MR) is 63.6 cm³/mol. The van der Waals surface area contributed by atoms with Gasteiger partial charge in [-0.15, -0.1) is 0 Å². The van der Waals surface area contributed by atoms with Gasteiger partial charge in [0.1, 0.15) is 0 Å². The Morgan fingerprint density at radius 1 is 1.00 bits per heavy atom. The second-order valence-corrected chi connectivity index (χ2v) is 3.98. The molecule has 0 fully saturated rings. The van der Waals surface area contributed by atoms with E-state index in [9.17, 15) is 31.1 Å². The Morgan fingerprint density at radius 3 is 1.91 bits per heavy atom. The summed E-state index contributed by atoms with van der Waals surface area (Å²) in [5, 5.41) is 0.746. The van der Waals surface area contributed by atoms with Crippen molar-refractivity contribution < 1.29 is 35.9 Å². The van der Waals surface area contributed by atoms with E-state index in [4.69, 9.17) is 0 Å². The average Bonchev–Trinajstić information content (AvgIpc) is 2.41. The molecule has 5 nitrogen and oxygen atoms in total. The van der Waals surface area contributed by atoms with Gasteiger partial charge in [0.25, 0.3) is 0 Å². The van der Waals surface area contributed by atoms with Gasteiger partial charge in [0, 0.05) is 5.69 Å². The van der Waals surface area contributed by atoms with E-state index in [1.807, 2.05) is 0 Å². The number of amides is 1. The number of alkyl halides is 6. The summed E-state index contributed by atoms with van der Waals surface area (Å²) in [6.07, 6.45) is -13.7. The lowest BCUT2D eigenvalue weighted by molar-refractivity contribution is -0.313. The van der Waals surface area contributed by atoms with Crippen LogP contribution >= 0.6 is 0 Å². The predicted octanol–water partition coefficient (Wildman–Crippen LogP) is 2.78. The number of hydrogen-bond acceptors (Lipinski definition) is 4. The molecule has 0 aliphatic rings. The zero-order chi connectivity index (χ0) is 17.0. The summed E-state index contributed by atoms with van der Waals surface area (Å²) in [5.41, 5.74) is -1.96. The molecule has 3 N–H and O–H groups in total. The maximum Gasteiger partial charge on any atom is 0.436 e. The Morgan fingerprint density at radius 2 is 1.50 bits per heavy atom. The number of ether oxygens (including phenoxy) is 1. The molecule has 11 heteroatoms. The average molecular weight is 331 g/mol. The molecule has 0 radical (unpaired) electrons. The number of hydrogen-bond donors (Lipinski definition) is 3. The molecule has 0 heterocycles. The largest absolute Gasteiger partial charge is 0.453 e. The first-order chi connectivity index (χ1) is 10.0. The molecule has 1 aromatic carbocycles. The van der Waals surface area contributed by atoms with Gasteiger partial charge in [-0.05, 0) is 12.1 Å². The summed E-state index contributed by atoms with van der Waals surface area (Å²) in [6.45, 7) is 0. The van der Waals surface area contributed by atoms with Gasteiger partial charge in [-0.2, -0.15) is 31.8 Å². The highest BCUT2D eigenvalue weighted by Gasteiger charge is 2.73. The smallest absolute Gasteiger partial charge is 0.436 e. The number of para-hydroxylation sites is 1. The summed E-state index contributed by atoms with van der Waals surface area (Å²) >= 11 is 0. The van der Waals surface area contributed by atoms with E-state index in [0.29, 0.717) is 7.11 Å². The third-order valence-electron chi connectivity index (χ3n) is 2.49. The van der Waals surface area contributed by atoms with Gasteiger partial charge >= 0.3 is 24.1 Å². The van der Waals surface area contributed by atoms with Crippen LogP contribution in [0.4, 0.5) is 36.8 Å². The fourth-order valence-corrected chi connectivity index (χ4v) is 1.37. The normalized spacial score (nSPS) is 12.7. The minimum absolute atomic E-state index is 0.0768. The lowest BCUT2D eigenvalue weighted by Gasteiger charge is -2.37. The Bertz CT molecular complexity index is 489. The molecule has 1 amide bonds. The molecule has 0 spiro atoms. The lowest BCUT2D eigenvalue weighted by atomic mass is 10.1. The number of methoxy groups -OCH3 is 1. The maximum atomic E-state index is 13.0. The first-order valence-corrected chi connectivity index (χ1v) is 5.61. The molecule has 22 heavy (non-hydrogen) atoms. The molecule has 0 unspecified atom stereocenters. The standard InChI is InChI=1S/C11H11F6N3O2/c1-22-8(21)18-9(10(12,13)14,11(15,16)17)20-19-7-5-3-2-4-6-7/h2-6,19-20H,1H3,(H,18,21). The summed E-state index contributed by atoms with van der Waals surface area (Å²) < 4.78 is 81.7. The van der Waals surface area contributed by atoms with E-state index < -0.39 is 24.1 Å². The Hall–Kier alpha value is -2.17. The van der Waals surface area contributed by atoms with Crippen molar-refractivity contribution in [3.8, 4) is 0 Å². The van der Waals surface area contributed by atoms with E-state index in [-0.39, 0.29) is 5.69 Å². The Labute approximate surface area is 120 Å². The lowest BCUT2D eigenvalue weighted by Crippen LogP contribution is -2.76. The molecule has 0 aliphatic heterocycles. The fraction of sp³-hybridized carbons (Fsp3) is 0.364. The molecule has 0 aromatic heterocycles. The SMILES string of the molecule is COC(=O)NC(NNc1ccccc1)(C(F)(F)F)C(F)(F)F. The topological polar surface area (TPSA) is 62.4 Å². The maximum absolute atomic E-state index is 13.0. The third-order valence-corrected chi connectivity index (χ3v) is 2.49. The van der Waals surface area contributed by atoms with E-state index in [0.717, 1.165) is 10.7 Å². The number of hydrazine groups is 1. The number of halogens is 6. The number of alkyl carbamates (subject to hydrolysis) is 1. The molecule has 0 bridgehead atoms. The molecule has 0 saturated heterocycles. The van der Waals surface area contributed by atoms with Crippen LogP contribution < -0.4 is 16.2 Å². The van der Waals surface area contributed by atoms with Crippen LogP contribution in [0.2, 0.25) is 0 Å². The third kappa shape index (κ3) is 3.72. The number of carbonyl (C=O) groups excluding carboxylic acids is 1. The van der Waals surface area contributed by atoms with Crippen LogP contribution in [0.25, 0.3) is 0 Å². The highest BCUT2D eigenvalue weighted by atomic mass is 19.4. The minimum atomic E-state index is -5.90. The minimum Gasteiger partial charge on any atom is -0.453 e.